The lowest BCUT2D eigenvalue weighted by Crippen LogP contribution is -2.25. The Balaban J connectivity index is 1.97. The summed E-state index contributed by atoms with van der Waals surface area (Å²) in [4.78, 5) is 11.9. The molecule has 0 bridgehead atoms. The van der Waals surface area contributed by atoms with Gasteiger partial charge in [-0.25, -0.2) is 5.43 Å². The standard InChI is InChI=1S/C18H20ClN3O4/c1-24-15-8-12(9-16(25-2)18(15)26-3)10-21-22-17(23)11-20-14-7-5-4-6-13(14)19/h4-10,20H,11H2,1-3H3,(H,22,23). The van der Waals surface area contributed by atoms with Crippen molar-refractivity contribution >= 4 is 29.4 Å². The molecule has 0 spiro atoms. The van der Waals surface area contributed by atoms with Gasteiger partial charge in [-0.15, -0.1) is 0 Å². The number of rotatable bonds is 8. The van der Waals surface area contributed by atoms with E-state index in [-0.39, 0.29) is 12.5 Å². The topological polar surface area (TPSA) is 81.2 Å². The molecule has 0 aliphatic carbocycles. The smallest absolute Gasteiger partial charge is 0.259 e. The summed E-state index contributed by atoms with van der Waals surface area (Å²) < 4.78 is 15.8. The highest BCUT2D eigenvalue weighted by atomic mass is 35.5. The highest BCUT2D eigenvalue weighted by molar-refractivity contribution is 6.33. The van der Waals surface area contributed by atoms with Crippen LogP contribution in [0.2, 0.25) is 5.02 Å². The highest BCUT2D eigenvalue weighted by Crippen LogP contribution is 2.37. The second kappa shape index (κ2) is 9.53. The lowest BCUT2D eigenvalue weighted by molar-refractivity contribution is -0.119. The molecule has 0 aliphatic heterocycles. The molecule has 2 aromatic carbocycles. The number of carbonyl (C=O) groups is 1. The summed E-state index contributed by atoms with van der Waals surface area (Å²) in [6.45, 7) is 0.0380. The fraction of sp³-hybridized carbons (Fsp3) is 0.222. The maximum Gasteiger partial charge on any atom is 0.259 e. The van der Waals surface area contributed by atoms with Gasteiger partial charge in [0.2, 0.25) is 5.75 Å². The molecule has 2 rings (SSSR count). The number of hydrogen-bond acceptors (Lipinski definition) is 6. The van der Waals surface area contributed by atoms with Gasteiger partial charge in [0.1, 0.15) is 0 Å². The molecule has 0 saturated heterocycles. The van der Waals surface area contributed by atoms with E-state index in [4.69, 9.17) is 25.8 Å². The molecule has 0 atom stereocenters. The van der Waals surface area contributed by atoms with E-state index in [1.807, 2.05) is 12.1 Å². The molecule has 0 fully saturated rings. The van der Waals surface area contributed by atoms with Gasteiger partial charge in [-0.2, -0.15) is 5.10 Å². The SMILES string of the molecule is COc1cc(C=NNC(=O)CNc2ccccc2Cl)cc(OC)c1OC. The first-order valence-electron chi connectivity index (χ1n) is 7.69. The monoisotopic (exact) mass is 377 g/mol. The molecule has 1 amide bonds. The quantitative estimate of drug-likeness (QED) is 0.546. The van der Waals surface area contributed by atoms with Gasteiger partial charge >= 0.3 is 0 Å². The van der Waals surface area contributed by atoms with Gasteiger partial charge in [0.05, 0.1) is 44.8 Å². The Labute approximate surface area is 156 Å². The first-order valence-corrected chi connectivity index (χ1v) is 8.07. The third-order valence-electron chi connectivity index (χ3n) is 3.40. The van der Waals surface area contributed by atoms with E-state index in [0.29, 0.717) is 33.5 Å². The second-order valence-corrected chi connectivity index (χ2v) is 5.49. The van der Waals surface area contributed by atoms with Crippen LogP contribution in [0.4, 0.5) is 5.69 Å². The number of nitrogens with one attached hydrogen (secondary N) is 2. The van der Waals surface area contributed by atoms with Gasteiger partial charge < -0.3 is 19.5 Å². The maximum atomic E-state index is 11.9. The average molecular weight is 378 g/mol. The number of para-hydroxylation sites is 1. The van der Waals surface area contributed by atoms with Crippen LogP contribution in [0.3, 0.4) is 0 Å². The number of halogens is 1. The first-order chi connectivity index (χ1) is 12.6. The van der Waals surface area contributed by atoms with Gasteiger partial charge in [0, 0.05) is 5.56 Å². The Hall–Kier alpha value is -2.93. The number of nitrogens with zero attached hydrogens (tertiary/aromatic N) is 1. The zero-order valence-corrected chi connectivity index (χ0v) is 15.5. The number of methoxy groups -OCH3 is 3. The molecule has 0 aromatic heterocycles. The zero-order chi connectivity index (χ0) is 18.9. The minimum absolute atomic E-state index is 0.0380. The highest BCUT2D eigenvalue weighted by Gasteiger charge is 2.12. The summed E-state index contributed by atoms with van der Waals surface area (Å²) in [5, 5.41) is 7.41. The van der Waals surface area contributed by atoms with Gasteiger partial charge in [-0.1, -0.05) is 23.7 Å². The number of ether oxygens (including phenoxy) is 3. The third kappa shape index (κ3) is 5.03. The molecular weight excluding hydrogens is 358 g/mol. The minimum Gasteiger partial charge on any atom is -0.493 e. The molecule has 8 heteroatoms. The predicted molar refractivity (Wildman–Crippen MR) is 102 cm³/mol. The van der Waals surface area contributed by atoms with Crippen LogP contribution in [0.5, 0.6) is 17.2 Å². The van der Waals surface area contributed by atoms with Crippen LogP contribution < -0.4 is 25.0 Å². The summed E-state index contributed by atoms with van der Waals surface area (Å²) in [5.41, 5.74) is 3.79. The average Bonchev–Trinajstić information content (AvgIpc) is 2.66. The van der Waals surface area contributed by atoms with E-state index < -0.39 is 0 Å². The van der Waals surface area contributed by atoms with Gasteiger partial charge in [-0.05, 0) is 24.3 Å². The van der Waals surface area contributed by atoms with E-state index in [2.05, 4.69) is 15.8 Å². The van der Waals surface area contributed by atoms with E-state index in [9.17, 15) is 4.79 Å². The van der Waals surface area contributed by atoms with Crippen molar-refractivity contribution < 1.29 is 19.0 Å². The van der Waals surface area contributed by atoms with E-state index in [1.54, 1.807) is 24.3 Å². The Kier molecular flexibility index (Phi) is 7.11. The number of carbonyl (C=O) groups excluding carboxylic acids is 1. The van der Waals surface area contributed by atoms with Crippen molar-refractivity contribution in [3.05, 3.63) is 47.0 Å². The van der Waals surface area contributed by atoms with E-state index in [1.165, 1.54) is 27.5 Å². The van der Waals surface area contributed by atoms with E-state index in [0.717, 1.165) is 0 Å². The summed E-state index contributed by atoms with van der Waals surface area (Å²) in [6, 6.07) is 10.6. The Bertz CT molecular complexity index is 771. The number of hydrogen-bond donors (Lipinski definition) is 2. The van der Waals surface area contributed by atoms with Crippen LogP contribution in [0, 0.1) is 0 Å². The molecule has 2 aromatic rings. The fourth-order valence-corrected chi connectivity index (χ4v) is 2.38. The number of hydrazone groups is 1. The third-order valence-corrected chi connectivity index (χ3v) is 3.73. The summed E-state index contributed by atoms with van der Waals surface area (Å²) in [6.07, 6.45) is 1.48. The van der Waals surface area contributed by atoms with Crippen LogP contribution >= 0.6 is 11.6 Å². The fourth-order valence-electron chi connectivity index (χ4n) is 2.17. The molecule has 2 N–H and O–H groups in total. The summed E-state index contributed by atoms with van der Waals surface area (Å²) in [5.74, 6) is 1.17. The Morgan fingerprint density at radius 1 is 1.12 bits per heavy atom. The lowest BCUT2D eigenvalue weighted by Gasteiger charge is -2.12. The molecule has 138 valence electrons. The molecule has 26 heavy (non-hydrogen) atoms. The minimum atomic E-state index is -0.311. The molecular formula is C18H20ClN3O4. The molecule has 0 unspecified atom stereocenters. The Morgan fingerprint density at radius 2 is 1.77 bits per heavy atom. The van der Waals surface area contributed by atoms with Gasteiger partial charge in [-0.3, -0.25) is 4.79 Å². The zero-order valence-electron chi connectivity index (χ0n) is 14.7. The number of anilines is 1. The van der Waals surface area contributed by atoms with Crippen LogP contribution in [0.1, 0.15) is 5.56 Å². The predicted octanol–water partition coefficient (Wildman–Crippen LogP) is 2.93. The van der Waals surface area contributed by atoms with Crippen molar-refractivity contribution in [2.45, 2.75) is 0 Å². The molecule has 7 nitrogen and oxygen atoms in total. The summed E-state index contributed by atoms with van der Waals surface area (Å²) in [7, 11) is 4.58. The van der Waals surface area contributed by atoms with Crippen molar-refractivity contribution in [2.24, 2.45) is 5.10 Å². The number of amides is 1. The van der Waals surface area contributed by atoms with Crippen molar-refractivity contribution in [1.29, 1.82) is 0 Å². The largest absolute Gasteiger partial charge is 0.493 e. The van der Waals surface area contributed by atoms with Gasteiger partial charge in [0.25, 0.3) is 5.91 Å². The van der Waals surface area contributed by atoms with E-state index >= 15 is 0 Å². The summed E-state index contributed by atoms with van der Waals surface area (Å²) >= 11 is 6.02. The van der Waals surface area contributed by atoms with Crippen molar-refractivity contribution in [1.82, 2.24) is 5.43 Å². The molecule has 0 aliphatic rings. The van der Waals surface area contributed by atoms with Crippen molar-refractivity contribution in [2.75, 3.05) is 33.2 Å². The van der Waals surface area contributed by atoms with Crippen LogP contribution in [-0.2, 0) is 4.79 Å². The molecule has 0 radical (unpaired) electrons. The molecule has 0 heterocycles. The Morgan fingerprint density at radius 3 is 2.35 bits per heavy atom. The van der Waals surface area contributed by atoms with Crippen LogP contribution in [-0.4, -0.2) is 40.0 Å². The van der Waals surface area contributed by atoms with Gasteiger partial charge in [0.15, 0.2) is 11.5 Å². The first kappa shape index (κ1) is 19.4. The normalized spacial score (nSPS) is 10.5. The van der Waals surface area contributed by atoms with Crippen LogP contribution in [0.25, 0.3) is 0 Å². The maximum absolute atomic E-state index is 11.9. The number of benzene rings is 2. The second-order valence-electron chi connectivity index (χ2n) is 5.09. The molecule has 0 saturated carbocycles. The lowest BCUT2D eigenvalue weighted by atomic mass is 10.2. The van der Waals surface area contributed by atoms with Crippen molar-refractivity contribution in [3.63, 3.8) is 0 Å². The van der Waals surface area contributed by atoms with Crippen LogP contribution in [0.15, 0.2) is 41.5 Å². The van der Waals surface area contributed by atoms with Crippen molar-refractivity contribution in [3.8, 4) is 17.2 Å².